The smallest absolute Gasteiger partial charge is 0.137 e. The minimum atomic E-state index is 0.236. The van der Waals surface area contributed by atoms with Crippen LogP contribution in [0.3, 0.4) is 0 Å². The Kier molecular flexibility index (Phi) is 4.78. The van der Waals surface area contributed by atoms with Crippen LogP contribution in [0.4, 0.5) is 0 Å². The van der Waals surface area contributed by atoms with Gasteiger partial charge in [0.25, 0.3) is 0 Å². The van der Waals surface area contributed by atoms with Crippen molar-refractivity contribution in [3.8, 4) is 11.8 Å². The normalized spacial score (nSPS) is 25.5. The predicted molar refractivity (Wildman–Crippen MR) is 101 cm³/mol. The Morgan fingerprint density at radius 2 is 1.80 bits per heavy atom. The molecule has 1 aliphatic heterocycles. The number of nitriles is 1. The summed E-state index contributed by atoms with van der Waals surface area (Å²) in [4.78, 5) is 2.56. The third-order valence-electron chi connectivity index (χ3n) is 5.40. The zero-order valence-electron chi connectivity index (χ0n) is 14.1. The molecule has 0 spiro atoms. The second-order valence-electron chi connectivity index (χ2n) is 7.11. The number of hydrogen-bond acceptors (Lipinski definition) is 3. The van der Waals surface area contributed by atoms with Crippen LogP contribution in [0.1, 0.15) is 24.0 Å². The first kappa shape index (κ1) is 16.6. The minimum absolute atomic E-state index is 0.236. The molecule has 25 heavy (non-hydrogen) atoms. The average molecular weight is 397 g/mol. The predicted octanol–water partition coefficient (Wildman–Crippen LogP) is 4.61. The fraction of sp³-hybridized carbons (Fsp3) is 0.381. The van der Waals surface area contributed by atoms with Gasteiger partial charge in [-0.25, -0.2) is 0 Å². The first-order chi connectivity index (χ1) is 12.2. The lowest BCUT2D eigenvalue weighted by atomic mass is 9.94. The van der Waals surface area contributed by atoms with Crippen molar-refractivity contribution < 1.29 is 4.74 Å². The van der Waals surface area contributed by atoms with Crippen molar-refractivity contribution in [2.45, 2.75) is 25.5 Å². The third kappa shape index (κ3) is 3.58. The molecule has 2 aromatic rings. The molecule has 4 heteroatoms. The Bertz CT molecular complexity index is 772. The van der Waals surface area contributed by atoms with Gasteiger partial charge in [-0.05, 0) is 36.6 Å². The standard InChI is InChI=1S/C21H21BrN2O/c22-19-8-9-20(18(10-19)11-23)25-21-16-6-7-17(21)14-24(13-16)12-15-4-2-1-3-5-15/h1-5,8-10,16-17,21H,6-7,12-14H2/t16-,17+,21+. The SMILES string of the molecule is N#Cc1cc(Br)ccc1O[C@H]1[C@@H]2CC[C@H]1CN(Cc1ccccc1)C2. The second kappa shape index (κ2) is 7.19. The summed E-state index contributed by atoms with van der Waals surface area (Å²) in [6.45, 7) is 3.17. The topological polar surface area (TPSA) is 36.3 Å². The molecule has 4 rings (SSSR count). The van der Waals surface area contributed by atoms with Crippen molar-refractivity contribution in [1.82, 2.24) is 4.90 Å². The molecule has 2 aliphatic rings. The summed E-state index contributed by atoms with van der Waals surface area (Å²) in [7, 11) is 0. The molecular formula is C21H21BrN2O. The van der Waals surface area contributed by atoms with Gasteiger partial charge in [-0.2, -0.15) is 5.26 Å². The number of hydrogen-bond donors (Lipinski definition) is 0. The average Bonchev–Trinajstić information content (AvgIpc) is 2.86. The summed E-state index contributed by atoms with van der Waals surface area (Å²) in [5, 5.41) is 9.37. The van der Waals surface area contributed by atoms with Gasteiger partial charge in [-0.1, -0.05) is 46.3 Å². The molecule has 3 nitrogen and oxygen atoms in total. The lowest BCUT2D eigenvalue weighted by molar-refractivity contribution is 0.0307. The maximum Gasteiger partial charge on any atom is 0.137 e. The summed E-state index contributed by atoms with van der Waals surface area (Å²) < 4.78 is 7.26. The second-order valence-corrected chi connectivity index (χ2v) is 8.03. The van der Waals surface area contributed by atoms with Gasteiger partial charge in [0, 0.05) is 35.9 Å². The lowest BCUT2D eigenvalue weighted by Crippen LogP contribution is -2.46. The molecular weight excluding hydrogens is 376 g/mol. The van der Waals surface area contributed by atoms with Gasteiger partial charge in [0.1, 0.15) is 17.9 Å². The van der Waals surface area contributed by atoms with E-state index in [9.17, 15) is 5.26 Å². The number of fused-ring (bicyclic) bond motifs is 2. The molecule has 128 valence electrons. The Balaban J connectivity index is 1.45. The molecule has 0 radical (unpaired) electrons. The van der Waals surface area contributed by atoms with E-state index in [1.807, 2.05) is 18.2 Å². The van der Waals surface area contributed by atoms with Gasteiger partial charge in [0.05, 0.1) is 5.56 Å². The number of piperidine rings is 1. The first-order valence-electron chi connectivity index (χ1n) is 8.85. The maximum absolute atomic E-state index is 9.37. The zero-order chi connectivity index (χ0) is 17.2. The Morgan fingerprint density at radius 3 is 2.48 bits per heavy atom. The van der Waals surface area contributed by atoms with Crippen LogP contribution >= 0.6 is 15.9 Å². The summed E-state index contributed by atoms with van der Waals surface area (Å²) in [5.41, 5.74) is 1.99. The van der Waals surface area contributed by atoms with Gasteiger partial charge in [0.2, 0.25) is 0 Å². The number of likely N-dealkylation sites (tertiary alicyclic amines) is 1. The van der Waals surface area contributed by atoms with E-state index >= 15 is 0 Å². The van der Waals surface area contributed by atoms with E-state index in [0.717, 1.165) is 29.9 Å². The van der Waals surface area contributed by atoms with Gasteiger partial charge in [0.15, 0.2) is 0 Å². The Morgan fingerprint density at radius 1 is 1.08 bits per heavy atom. The summed E-state index contributed by atoms with van der Waals surface area (Å²) >= 11 is 3.42. The molecule has 2 fully saturated rings. The molecule has 0 amide bonds. The van der Waals surface area contributed by atoms with Gasteiger partial charge >= 0.3 is 0 Å². The molecule has 1 saturated heterocycles. The van der Waals surface area contributed by atoms with E-state index in [-0.39, 0.29) is 6.10 Å². The lowest BCUT2D eigenvalue weighted by Gasteiger charge is -2.38. The highest BCUT2D eigenvalue weighted by atomic mass is 79.9. The van der Waals surface area contributed by atoms with Gasteiger partial charge in [-0.3, -0.25) is 4.90 Å². The maximum atomic E-state index is 9.37. The Labute approximate surface area is 157 Å². The molecule has 2 bridgehead atoms. The van der Waals surface area contributed by atoms with Crippen LogP contribution in [-0.2, 0) is 6.54 Å². The number of nitrogens with zero attached hydrogens (tertiary/aromatic N) is 2. The van der Waals surface area contributed by atoms with Crippen molar-refractivity contribution >= 4 is 15.9 Å². The highest BCUT2D eigenvalue weighted by Gasteiger charge is 2.43. The third-order valence-corrected chi connectivity index (χ3v) is 5.89. The molecule has 2 aromatic carbocycles. The monoisotopic (exact) mass is 396 g/mol. The van der Waals surface area contributed by atoms with Crippen molar-refractivity contribution in [2.24, 2.45) is 11.8 Å². The summed E-state index contributed by atoms with van der Waals surface area (Å²) in [5.74, 6) is 1.83. The van der Waals surface area contributed by atoms with Gasteiger partial charge < -0.3 is 4.74 Å². The molecule has 1 heterocycles. The van der Waals surface area contributed by atoms with Crippen molar-refractivity contribution in [2.75, 3.05) is 13.1 Å². The molecule has 1 saturated carbocycles. The molecule has 0 N–H and O–H groups in total. The van der Waals surface area contributed by atoms with Crippen LogP contribution in [0, 0.1) is 23.2 Å². The number of halogens is 1. The van der Waals surface area contributed by atoms with Crippen molar-refractivity contribution in [3.05, 3.63) is 64.1 Å². The fourth-order valence-electron chi connectivity index (χ4n) is 4.27. The Hall–Kier alpha value is -1.83. The van der Waals surface area contributed by atoms with Crippen molar-refractivity contribution in [1.29, 1.82) is 5.26 Å². The minimum Gasteiger partial charge on any atom is -0.488 e. The fourth-order valence-corrected chi connectivity index (χ4v) is 4.63. The summed E-state index contributed by atoms with van der Waals surface area (Å²) in [6, 6.07) is 18.6. The van der Waals surface area contributed by atoms with E-state index in [1.54, 1.807) is 0 Å². The first-order valence-corrected chi connectivity index (χ1v) is 9.65. The van der Waals surface area contributed by atoms with Crippen LogP contribution in [0.5, 0.6) is 5.75 Å². The van der Waals surface area contributed by atoms with E-state index in [4.69, 9.17) is 4.74 Å². The van der Waals surface area contributed by atoms with E-state index in [2.05, 4.69) is 57.2 Å². The highest BCUT2D eigenvalue weighted by Crippen LogP contribution is 2.40. The molecule has 0 unspecified atom stereocenters. The summed E-state index contributed by atoms with van der Waals surface area (Å²) in [6.07, 6.45) is 2.68. The van der Waals surface area contributed by atoms with Gasteiger partial charge in [-0.15, -0.1) is 0 Å². The van der Waals surface area contributed by atoms with Crippen LogP contribution in [0.25, 0.3) is 0 Å². The number of benzene rings is 2. The largest absolute Gasteiger partial charge is 0.488 e. The van der Waals surface area contributed by atoms with E-state index in [0.29, 0.717) is 17.4 Å². The number of rotatable bonds is 4. The van der Waals surface area contributed by atoms with Crippen LogP contribution in [0.15, 0.2) is 53.0 Å². The van der Waals surface area contributed by atoms with E-state index < -0.39 is 0 Å². The van der Waals surface area contributed by atoms with Crippen LogP contribution in [-0.4, -0.2) is 24.1 Å². The zero-order valence-corrected chi connectivity index (χ0v) is 15.7. The quantitative estimate of drug-likeness (QED) is 0.756. The van der Waals surface area contributed by atoms with E-state index in [1.165, 1.54) is 18.4 Å². The highest BCUT2D eigenvalue weighted by molar-refractivity contribution is 9.10. The van der Waals surface area contributed by atoms with Crippen molar-refractivity contribution in [3.63, 3.8) is 0 Å². The molecule has 3 atom stereocenters. The molecule has 0 aromatic heterocycles. The van der Waals surface area contributed by atoms with Crippen LogP contribution in [0.2, 0.25) is 0 Å². The molecule has 1 aliphatic carbocycles. The van der Waals surface area contributed by atoms with Crippen LogP contribution < -0.4 is 4.74 Å². The number of ether oxygens (including phenoxy) is 1.